The van der Waals surface area contributed by atoms with E-state index in [1.807, 2.05) is 56.3 Å². The topological polar surface area (TPSA) is 35.5 Å². The fourth-order valence-corrected chi connectivity index (χ4v) is 7.27. The van der Waals surface area contributed by atoms with Gasteiger partial charge in [-0.05, 0) is 0 Å². The van der Waals surface area contributed by atoms with Gasteiger partial charge in [0.2, 0.25) is 0 Å². The molecule has 0 fully saturated rings. The van der Waals surface area contributed by atoms with Gasteiger partial charge in [-0.2, -0.15) is 0 Å². The Morgan fingerprint density at radius 3 is 2.10 bits per heavy atom. The SMILES string of the molecule is CCOC1=C(C(C)=C2C=C(c3ccccc3)OC(C(C)(C)C)=C2)C(=O)C1=CC1=CC(C(C)(C)C)=[Se]C(C(C)(C)C)=C1. The van der Waals surface area contributed by atoms with Crippen LogP contribution in [0.2, 0.25) is 0 Å². The van der Waals surface area contributed by atoms with Crippen molar-refractivity contribution in [2.75, 3.05) is 6.61 Å². The predicted octanol–water partition coefficient (Wildman–Crippen LogP) is 8.90. The van der Waals surface area contributed by atoms with Gasteiger partial charge in [-0.25, -0.2) is 0 Å². The summed E-state index contributed by atoms with van der Waals surface area (Å²) in [5.74, 6) is 2.38. The van der Waals surface area contributed by atoms with Crippen molar-refractivity contribution in [3.8, 4) is 0 Å². The second-order valence-corrected chi connectivity index (χ2v) is 16.2. The van der Waals surface area contributed by atoms with Crippen molar-refractivity contribution < 1.29 is 14.3 Å². The van der Waals surface area contributed by atoms with Gasteiger partial charge >= 0.3 is 203 Å². The van der Waals surface area contributed by atoms with Crippen LogP contribution in [0.5, 0.6) is 0 Å². The van der Waals surface area contributed by atoms with Gasteiger partial charge in [-0.1, -0.05) is 51.1 Å². The Kier molecular flexibility index (Phi) is 8.61. The summed E-state index contributed by atoms with van der Waals surface area (Å²) in [7, 11) is 0. The Morgan fingerprint density at radius 2 is 1.54 bits per heavy atom. The summed E-state index contributed by atoms with van der Waals surface area (Å²) in [6.45, 7) is 24.5. The van der Waals surface area contributed by atoms with Crippen LogP contribution < -0.4 is 0 Å². The van der Waals surface area contributed by atoms with Gasteiger partial charge in [0.25, 0.3) is 0 Å². The van der Waals surface area contributed by atoms with Gasteiger partial charge in [-0.15, -0.1) is 0 Å². The van der Waals surface area contributed by atoms with Crippen LogP contribution in [0.4, 0.5) is 0 Å². The summed E-state index contributed by atoms with van der Waals surface area (Å²) in [6, 6.07) is 10.1. The molecule has 2 heterocycles. The number of Topliss-reactive ketones (excluding diaryl/α,β-unsaturated/α-hetero) is 1. The number of hydrogen-bond donors (Lipinski definition) is 0. The minimum absolute atomic E-state index is 0.0327. The maximum absolute atomic E-state index is 13.8. The first-order chi connectivity index (χ1) is 19.0. The molecule has 1 aromatic carbocycles. The van der Waals surface area contributed by atoms with Crippen molar-refractivity contribution in [2.45, 2.75) is 76.2 Å². The third-order valence-electron chi connectivity index (χ3n) is 7.24. The zero-order chi connectivity index (χ0) is 30.3. The first-order valence-electron chi connectivity index (χ1n) is 14.5. The first-order valence-corrected chi connectivity index (χ1v) is 16.2. The van der Waals surface area contributed by atoms with Gasteiger partial charge in [0.15, 0.2) is 0 Å². The number of carbonyl (C=O) groups excluding carboxylic acids is 1. The molecule has 0 unspecified atom stereocenters. The van der Waals surface area contributed by atoms with Crippen LogP contribution >= 0.6 is 0 Å². The van der Waals surface area contributed by atoms with E-state index in [1.54, 1.807) is 0 Å². The fraction of sp³-hybridized carbons (Fsp3) is 0.405. The van der Waals surface area contributed by atoms with Crippen molar-refractivity contribution in [3.05, 3.63) is 110 Å². The summed E-state index contributed by atoms with van der Waals surface area (Å²) in [5.41, 5.74) is 5.22. The van der Waals surface area contributed by atoms with Crippen LogP contribution in [0, 0.1) is 16.2 Å². The van der Waals surface area contributed by atoms with E-state index in [2.05, 4.69) is 80.5 Å². The van der Waals surface area contributed by atoms with Crippen LogP contribution in [0.3, 0.4) is 0 Å². The van der Waals surface area contributed by atoms with Crippen molar-refractivity contribution in [1.82, 2.24) is 0 Å². The third-order valence-corrected chi connectivity index (χ3v) is 11.2. The van der Waals surface area contributed by atoms with E-state index < -0.39 is 0 Å². The zero-order valence-electron chi connectivity index (χ0n) is 26.6. The van der Waals surface area contributed by atoms with Crippen LogP contribution in [0.15, 0.2) is 105 Å². The van der Waals surface area contributed by atoms with Crippen LogP contribution in [-0.2, 0) is 14.3 Å². The molecule has 1 aliphatic carbocycles. The van der Waals surface area contributed by atoms with E-state index in [0.717, 1.165) is 33.8 Å². The molecule has 1 radical (unpaired) electrons. The van der Waals surface area contributed by atoms with E-state index >= 15 is 0 Å². The molecule has 0 atom stereocenters. The number of hydrogen-bond acceptors (Lipinski definition) is 3. The summed E-state index contributed by atoms with van der Waals surface area (Å²) < 4.78 is 15.4. The maximum atomic E-state index is 13.8. The van der Waals surface area contributed by atoms with Gasteiger partial charge in [0.05, 0.1) is 0 Å². The second kappa shape index (κ2) is 11.4. The molecule has 3 nitrogen and oxygen atoms in total. The molecule has 0 saturated carbocycles. The average molecular weight is 617 g/mol. The number of ketones is 1. The van der Waals surface area contributed by atoms with E-state index in [-0.39, 0.29) is 36.5 Å². The number of ether oxygens (including phenoxy) is 2. The van der Waals surface area contributed by atoms with Crippen LogP contribution in [0.1, 0.15) is 81.7 Å². The summed E-state index contributed by atoms with van der Waals surface area (Å²) in [5, 5.41) is 0. The molecule has 0 spiro atoms. The molecule has 0 amide bonds. The van der Waals surface area contributed by atoms with Crippen molar-refractivity contribution in [1.29, 1.82) is 0 Å². The summed E-state index contributed by atoms with van der Waals surface area (Å²) >= 11 is 0.288. The normalized spacial score (nSPS) is 20.4. The minimum atomic E-state index is -0.195. The quantitative estimate of drug-likeness (QED) is 0.245. The molecule has 1 aromatic rings. The van der Waals surface area contributed by atoms with Gasteiger partial charge in [0, 0.05) is 0 Å². The van der Waals surface area contributed by atoms with E-state index in [4.69, 9.17) is 9.47 Å². The first kappa shape index (κ1) is 31.0. The Bertz CT molecular complexity index is 1480. The molecule has 0 saturated heterocycles. The predicted molar refractivity (Wildman–Crippen MR) is 173 cm³/mol. The van der Waals surface area contributed by atoms with Gasteiger partial charge in [-0.3, -0.25) is 0 Å². The van der Waals surface area contributed by atoms with Gasteiger partial charge < -0.3 is 0 Å². The second-order valence-electron chi connectivity index (χ2n) is 14.0. The van der Waals surface area contributed by atoms with Crippen LogP contribution in [-0.4, -0.2) is 31.3 Å². The molecule has 0 bridgehead atoms. The molecule has 0 aromatic heterocycles. The number of rotatable bonds is 5. The Morgan fingerprint density at radius 1 is 0.878 bits per heavy atom. The monoisotopic (exact) mass is 617 g/mol. The standard InChI is InChI=1S/C37H45O3Se/c1-12-39-34-27(18-24-19-30(36(6,7)8)41-31(20-24)37(9,10)11)33(38)32(34)23(2)26-21-28(25-16-14-13-15-17-25)40-29(22-26)35(3,4)5/h13-22H,12H2,1-11H3. The molecule has 2 aliphatic heterocycles. The Hall–Kier alpha value is -2.94. The molecular weight excluding hydrogens is 571 g/mol. The number of carbonyl (C=O) groups is 1. The summed E-state index contributed by atoms with van der Waals surface area (Å²) in [4.78, 5) is 13.8. The third kappa shape index (κ3) is 6.76. The number of allylic oxidation sites excluding steroid dienone is 12. The zero-order valence-corrected chi connectivity index (χ0v) is 28.3. The Labute approximate surface area is 253 Å². The molecular formula is C37H45O3Se. The van der Waals surface area contributed by atoms with E-state index in [1.165, 1.54) is 8.89 Å². The van der Waals surface area contributed by atoms with Gasteiger partial charge in [0.1, 0.15) is 0 Å². The molecule has 3 aliphatic rings. The van der Waals surface area contributed by atoms with Crippen LogP contribution in [0.25, 0.3) is 5.76 Å². The molecule has 0 N–H and O–H groups in total. The molecule has 217 valence electrons. The van der Waals surface area contributed by atoms with Crippen molar-refractivity contribution in [2.24, 2.45) is 16.2 Å². The average Bonchev–Trinajstić information content (AvgIpc) is 2.90. The molecule has 4 rings (SSSR count). The fourth-order valence-electron chi connectivity index (χ4n) is 4.67. The van der Waals surface area contributed by atoms with E-state index in [0.29, 0.717) is 23.5 Å². The van der Waals surface area contributed by atoms with Crippen molar-refractivity contribution in [3.63, 3.8) is 0 Å². The number of benzene rings is 1. The van der Waals surface area contributed by atoms with E-state index in [9.17, 15) is 4.79 Å². The Balaban J connectivity index is 1.85. The molecule has 41 heavy (non-hydrogen) atoms. The summed E-state index contributed by atoms with van der Waals surface area (Å²) in [6.07, 6.45) is 10.7. The van der Waals surface area contributed by atoms with Crippen molar-refractivity contribution >= 4 is 30.5 Å². The molecule has 4 heteroatoms.